The first-order valence-electron chi connectivity index (χ1n) is 8.07. The predicted molar refractivity (Wildman–Crippen MR) is 101 cm³/mol. The van der Waals surface area contributed by atoms with Crippen molar-refractivity contribution in [3.63, 3.8) is 0 Å². The Morgan fingerprint density at radius 2 is 1.96 bits per heavy atom. The normalized spacial score (nSPS) is 12.0. The van der Waals surface area contributed by atoms with Crippen LogP contribution in [0.15, 0.2) is 18.2 Å². The second kappa shape index (κ2) is 8.13. The average molecular weight is 379 g/mol. The molecule has 0 fully saturated rings. The molecule has 0 saturated carbocycles. The molecule has 1 aromatic heterocycles. The second-order valence-electron chi connectivity index (χ2n) is 6.43. The van der Waals surface area contributed by atoms with Crippen molar-refractivity contribution in [2.45, 2.75) is 33.2 Å². The van der Waals surface area contributed by atoms with Crippen molar-refractivity contribution in [3.05, 3.63) is 35.3 Å². The maximum atomic E-state index is 14.5. The van der Waals surface area contributed by atoms with E-state index >= 15 is 0 Å². The number of hydrogen-bond acceptors (Lipinski definition) is 6. The Kier molecular flexibility index (Phi) is 6.14. The zero-order chi connectivity index (χ0) is 19.4. The Labute approximate surface area is 155 Å². The number of primary amides is 2. The van der Waals surface area contributed by atoms with Crippen molar-refractivity contribution in [2.75, 3.05) is 10.6 Å². The van der Waals surface area contributed by atoms with E-state index in [9.17, 15) is 14.0 Å². The molecule has 26 heavy (non-hydrogen) atoms. The molecule has 0 aliphatic rings. The highest BCUT2D eigenvalue weighted by molar-refractivity contribution is 7.10. The van der Waals surface area contributed by atoms with Crippen LogP contribution in [-0.2, 0) is 4.79 Å². The molecule has 6 N–H and O–H groups in total. The van der Waals surface area contributed by atoms with Gasteiger partial charge in [-0.05, 0) is 49.0 Å². The number of anilines is 3. The van der Waals surface area contributed by atoms with Crippen LogP contribution < -0.4 is 22.1 Å². The van der Waals surface area contributed by atoms with Crippen molar-refractivity contribution in [1.82, 2.24) is 4.37 Å². The molecule has 0 spiro atoms. The number of benzene rings is 1. The summed E-state index contributed by atoms with van der Waals surface area (Å²) in [5.74, 6) is -2.01. The summed E-state index contributed by atoms with van der Waals surface area (Å²) >= 11 is 1.17. The fourth-order valence-corrected chi connectivity index (χ4v) is 3.19. The number of amides is 2. The van der Waals surface area contributed by atoms with Crippen molar-refractivity contribution in [2.24, 2.45) is 17.4 Å². The van der Waals surface area contributed by atoms with Crippen LogP contribution in [0.1, 0.15) is 36.3 Å². The lowest BCUT2D eigenvalue weighted by molar-refractivity contribution is -0.119. The SMILES string of the molecule is Cc1cc(Nc2cc(NC(CC(C)C)C(N)=O)cc(F)c2C(N)=O)sn1. The molecule has 7 nitrogen and oxygen atoms in total. The predicted octanol–water partition coefficient (Wildman–Crippen LogP) is 2.75. The number of nitrogens with one attached hydrogen (secondary N) is 2. The molecule has 1 unspecified atom stereocenters. The summed E-state index contributed by atoms with van der Waals surface area (Å²) < 4.78 is 18.6. The minimum absolute atomic E-state index is 0.191. The Balaban J connectivity index is 2.39. The van der Waals surface area contributed by atoms with Crippen LogP contribution in [-0.4, -0.2) is 22.2 Å². The van der Waals surface area contributed by atoms with E-state index in [1.165, 1.54) is 17.6 Å². The largest absolute Gasteiger partial charge is 0.374 e. The molecule has 1 atom stereocenters. The summed E-state index contributed by atoms with van der Waals surface area (Å²) in [5, 5.41) is 6.52. The molecule has 1 heterocycles. The molecule has 0 aliphatic heterocycles. The first kappa shape index (κ1) is 19.6. The Morgan fingerprint density at radius 1 is 1.27 bits per heavy atom. The van der Waals surface area contributed by atoms with E-state index in [1.807, 2.05) is 20.8 Å². The summed E-state index contributed by atoms with van der Waals surface area (Å²) in [7, 11) is 0. The molecule has 0 saturated heterocycles. The van der Waals surface area contributed by atoms with Gasteiger partial charge in [-0.25, -0.2) is 4.39 Å². The van der Waals surface area contributed by atoms with E-state index < -0.39 is 23.7 Å². The third kappa shape index (κ3) is 4.92. The molecule has 140 valence electrons. The van der Waals surface area contributed by atoms with Crippen LogP contribution >= 0.6 is 11.5 Å². The van der Waals surface area contributed by atoms with Crippen LogP contribution in [0.25, 0.3) is 0 Å². The van der Waals surface area contributed by atoms with Gasteiger partial charge in [0.2, 0.25) is 5.91 Å². The third-order valence-electron chi connectivity index (χ3n) is 3.61. The lowest BCUT2D eigenvalue weighted by atomic mass is 10.0. The zero-order valence-electron chi connectivity index (χ0n) is 14.8. The second-order valence-corrected chi connectivity index (χ2v) is 7.24. The van der Waals surface area contributed by atoms with Crippen LogP contribution in [0.2, 0.25) is 0 Å². The monoisotopic (exact) mass is 379 g/mol. The number of nitrogens with zero attached hydrogens (tertiary/aromatic N) is 1. The highest BCUT2D eigenvalue weighted by Gasteiger charge is 2.21. The fourth-order valence-electron chi connectivity index (χ4n) is 2.51. The van der Waals surface area contributed by atoms with Crippen molar-refractivity contribution in [1.29, 1.82) is 0 Å². The van der Waals surface area contributed by atoms with Gasteiger partial charge < -0.3 is 22.1 Å². The number of aryl methyl sites for hydroxylation is 1. The van der Waals surface area contributed by atoms with Gasteiger partial charge in [0.15, 0.2) is 0 Å². The molecule has 1 aromatic carbocycles. The van der Waals surface area contributed by atoms with Gasteiger partial charge in [0.25, 0.3) is 5.91 Å². The van der Waals surface area contributed by atoms with Crippen LogP contribution in [0, 0.1) is 18.7 Å². The maximum absolute atomic E-state index is 14.5. The zero-order valence-corrected chi connectivity index (χ0v) is 15.6. The molecular formula is C17H22FN5O2S. The first-order chi connectivity index (χ1) is 12.2. The number of nitrogens with two attached hydrogens (primary N) is 2. The smallest absolute Gasteiger partial charge is 0.253 e. The minimum atomic E-state index is -0.897. The molecule has 2 aromatic rings. The van der Waals surface area contributed by atoms with Gasteiger partial charge in [-0.15, -0.1) is 0 Å². The number of aromatic nitrogens is 1. The van der Waals surface area contributed by atoms with Gasteiger partial charge in [-0.1, -0.05) is 13.8 Å². The topological polar surface area (TPSA) is 123 Å². The standard InChI is InChI=1S/C17H22FN5O2S/c1-8(2)4-13(16(19)24)21-10-6-11(18)15(17(20)25)12(7-10)22-14-5-9(3)23-26-14/h5-8,13,21-22H,4H2,1-3H3,(H2,19,24)(H2,20,25). The summed E-state index contributed by atoms with van der Waals surface area (Å²) in [6.07, 6.45) is 0.491. The van der Waals surface area contributed by atoms with Gasteiger partial charge in [0.1, 0.15) is 16.9 Å². The van der Waals surface area contributed by atoms with E-state index in [2.05, 4.69) is 15.0 Å². The number of rotatable bonds is 8. The minimum Gasteiger partial charge on any atom is -0.374 e. The molecule has 0 aliphatic carbocycles. The summed E-state index contributed by atoms with van der Waals surface area (Å²) in [5.41, 5.74) is 11.8. The van der Waals surface area contributed by atoms with E-state index in [4.69, 9.17) is 11.5 Å². The van der Waals surface area contributed by atoms with Gasteiger partial charge >= 0.3 is 0 Å². The average Bonchev–Trinajstić information content (AvgIpc) is 2.90. The van der Waals surface area contributed by atoms with Crippen molar-refractivity contribution in [3.8, 4) is 0 Å². The van der Waals surface area contributed by atoms with Crippen LogP contribution in [0.3, 0.4) is 0 Å². The lowest BCUT2D eigenvalue weighted by Crippen LogP contribution is -2.36. The van der Waals surface area contributed by atoms with Gasteiger partial charge in [-0.2, -0.15) is 4.37 Å². The van der Waals surface area contributed by atoms with E-state index in [1.54, 1.807) is 6.07 Å². The molecule has 0 radical (unpaired) electrons. The summed E-state index contributed by atoms with van der Waals surface area (Å²) in [6, 6.07) is 3.75. The molecule has 2 rings (SSSR count). The summed E-state index contributed by atoms with van der Waals surface area (Å²) in [4.78, 5) is 23.3. The van der Waals surface area contributed by atoms with Crippen molar-refractivity contribution >= 4 is 39.7 Å². The third-order valence-corrected chi connectivity index (χ3v) is 4.41. The Hall–Kier alpha value is -2.68. The quantitative estimate of drug-likeness (QED) is 0.561. The van der Waals surface area contributed by atoms with Crippen LogP contribution in [0.5, 0.6) is 0 Å². The van der Waals surface area contributed by atoms with Crippen LogP contribution in [0.4, 0.5) is 20.8 Å². The number of halogens is 1. The Bertz CT molecular complexity index is 821. The lowest BCUT2D eigenvalue weighted by Gasteiger charge is -2.20. The summed E-state index contributed by atoms with van der Waals surface area (Å²) in [6.45, 7) is 5.72. The van der Waals surface area contributed by atoms with E-state index in [0.29, 0.717) is 17.1 Å². The van der Waals surface area contributed by atoms with Crippen molar-refractivity contribution < 1.29 is 14.0 Å². The fraction of sp³-hybridized carbons (Fsp3) is 0.353. The van der Waals surface area contributed by atoms with Gasteiger partial charge in [0, 0.05) is 5.69 Å². The Morgan fingerprint density at radius 3 is 2.46 bits per heavy atom. The molecule has 0 bridgehead atoms. The number of hydrogen-bond donors (Lipinski definition) is 4. The van der Waals surface area contributed by atoms with E-state index in [0.717, 1.165) is 11.8 Å². The van der Waals surface area contributed by atoms with Gasteiger partial charge in [-0.3, -0.25) is 9.59 Å². The highest BCUT2D eigenvalue weighted by Crippen LogP contribution is 2.30. The number of carbonyl (C=O) groups excluding carboxylic acids is 2. The molecular weight excluding hydrogens is 357 g/mol. The molecule has 2 amide bonds. The van der Waals surface area contributed by atoms with Gasteiger partial charge in [0.05, 0.1) is 16.9 Å². The van der Waals surface area contributed by atoms with E-state index in [-0.39, 0.29) is 17.2 Å². The first-order valence-corrected chi connectivity index (χ1v) is 8.84. The number of carbonyl (C=O) groups is 2. The highest BCUT2D eigenvalue weighted by atomic mass is 32.1. The molecule has 9 heteroatoms. The maximum Gasteiger partial charge on any atom is 0.253 e.